The number of carbonyl (C=O) groups is 2. The average molecular weight is 458 g/mol. The van der Waals surface area contributed by atoms with Crippen molar-refractivity contribution >= 4 is 19.1 Å². The Hall–Kier alpha value is -3.16. The van der Waals surface area contributed by atoms with Gasteiger partial charge in [-0.15, -0.1) is 13.2 Å². The molecule has 4 N–H and O–H groups in total. The number of hydrogen-bond donors (Lipinski definition) is 4. The molecule has 2 rings (SSSR count). The molecule has 0 aliphatic carbocycles. The maximum atomic E-state index is 14.3. The second-order valence-corrected chi connectivity index (χ2v) is 6.42. The van der Waals surface area contributed by atoms with Crippen molar-refractivity contribution in [3.63, 3.8) is 0 Å². The standard InChI is InChI=1S/C19H19BF4N2O6/c21-16(17(27)25-11-13-7-4-8-14(9-13)31-19(22,23)24)18(28)26-15(32-20(29)30)10-12-5-2-1-3-6-12/h1-9,15-16,29-30H,10-11H2,(H,25,27)(H,26,28)/t15-,16?/m1/s1. The summed E-state index contributed by atoms with van der Waals surface area (Å²) in [5, 5.41) is 22.1. The number of halogens is 4. The van der Waals surface area contributed by atoms with E-state index in [-0.39, 0.29) is 18.5 Å². The van der Waals surface area contributed by atoms with Crippen LogP contribution in [0.5, 0.6) is 5.75 Å². The summed E-state index contributed by atoms with van der Waals surface area (Å²) in [7, 11) is -2.26. The molecule has 0 aliphatic rings. The highest BCUT2D eigenvalue weighted by Gasteiger charge is 2.31. The Morgan fingerprint density at radius 3 is 2.28 bits per heavy atom. The first-order chi connectivity index (χ1) is 15.0. The predicted molar refractivity (Wildman–Crippen MR) is 103 cm³/mol. The van der Waals surface area contributed by atoms with Crippen LogP contribution in [0.4, 0.5) is 17.6 Å². The zero-order valence-electron chi connectivity index (χ0n) is 16.4. The third-order valence-corrected chi connectivity index (χ3v) is 3.91. The lowest BCUT2D eigenvalue weighted by Gasteiger charge is -2.20. The van der Waals surface area contributed by atoms with Gasteiger partial charge in [-0.2, -0.15) is 0 Å². The summed E-state index contributed by atoms with van der Waals surface area (Å²) >= 11 is 0. The minimum atomic E-state index is -4.90. The number of rotatable bonds is 10. The highest BCUT2D eigenvalue weighted by molar-refractivity contribution is 6.32. The first-order valence-electron chi connectivity index (χ1n) is 9.16. The Balaban J connectivity index is 1.92. The summed E-state index contributed by atoms with van der Waals surface area (Å²) < 4.78 is 59.5. The van der Waals surface area contributed by atoms with E-state index in [9.17, 15) is 27.2 Å². The molecular weight excluding hydrogens is 439 g/mol. The van der Waals surface area contributed by atoms with Gasteiger partial charge in [0.25, 0.3) is 18.0 Å². The fraction of sp³-hybridized carbons (Fsp3) is 0.263. The van der Waals surface area contributed by atoms with Crippen molar-refractivity contribution in [3.05, 3.63) is 65.7 Å². The van der Waals surface area contributed by atoms with Crippen molar-refractivity contribution in [2.45, 2.75) is 31.7 Å². The van der Waals surface area contributed by atoms with Gasteiger partial charge in [0, 0.05) is 13.0 Å². The van der Waals surface area contributed by atoms with Crippen molar-refractivity contribution < 1.29 is 46.6 Å². The van der Waals surface area contributed by atoms with Crippen LogP contribution in [0, 0.1) is 0 Å². The minimum Gasteiger partial charge on any atom is -0.406 e. The molecule has 0 spiro atoms. The van der Waals surface area contributed by atoms with Crippen LogP contribution in [-0.4, -0.2) is 47.9 Å². The zero-order valence-corrected chi connectivity index (χ0v) is 16.4. The average Bonchev–Trinajstić information content (AvgIpc) is 2.70. The number of hydrogen-bond acceptors (Lipinski definition) is 6. The molecule has 2 atom stereocenters. The van der Waals surface area contributed by atoms with E-state index in [4.69, 9.17) is 14.7 Å². The molecule has 1 unspecified atom stereocenters. The second-order valence-electron chi connectivity index (χ2n) is 6.42. The number of amides is 2. The number of nitrogens with one attached hydrogen (secondary N) is 2. The highest BCUT2D eigenvalue weighted by Crippen LogP contribution is 2.23. The quantitative estimate of drug-likeness (QED) is 0.184. The van der Waals surface area contributed by atoms with Crippen molar-refractivity contribution in [1.29, 1.82) is 0 Å². The van der Waals surface area contributed by atoms with Gasteiger partial charge in [0.15, 0.2) is 0 Å². The molecule has 2 aromatic rings. The molecule has 0 saturated carbocycles. The van der Waals surface area contributed by atoms with Crippen molar-refractivity contribution in [3.8, 4) is 5.75 Å². The molecule has 0 fully saturated rings. The largest absolute Gasteiger partial charge is 0.635 e. The minimum absolute atomic E-state index is 0.0511. The Labute approximate surface area is 180 Å². The normalized spacial score (nSPS) is 13.1. The van der Waals surface area contributed by atoms with E-state index in [1.54, 1.807) is 30.3 Å². The zero-order chi connectivity index (χ0) is 23.7. The maximum Gasteiger partial charge on any atom is 0.635 e. The van der Waals surface area contributed by atoms with E-state index < -0.39 is 43.6 Å². The van der Waals surface area contributed by atoms with Crippen LogP contribution >= 0.6 is 0 Å². The summed E-state index contributed by atoms with van der Waals surface area (Å²) in [4.78, 5) is 24.0. The molecule has 13 heteroatoms. The molecule has 0 radical (unpaired) electrons. The van der Waals surface area contributed by atoms with Gasteiger partial charge in [0.05, 0.1) is 0 Å². The molecule has 0 aliphatic heterocycles. The Morgan fingerprint density at radius 2 is 1.66 bits per heavy atom. The van der Waals surface area contributed by atoms with Crippen LogP contribution in [-0.2, 0) is 27.2 Å². The first-order valence-corrected chi connectivity index (χ1v) is 9.16. The van der Waals surface area contributed by atoms with Crippen LogP contribution in [0.15, 0.2) is 54.6 Å². The predicted octanol–water partition coefficient (Wildman–Crippen LogP) is 1.21. The van der Waals surface area contributed by atoms with Crippen LogP contribution in [0.3, 0.4) is 0 Å². The van der Waals surface area contributed by atoms with E-state index >= 15 is 0 Å². The van der Waals surface area contributed by atoms with Gasteiger partial charge in [-0.1, -0.05) is 42.5 Å². The highest BCUT2D eigenvalue weighted by atomic mass is 19.4. The summed E-state index contributed by atoms with van der Waals surface area (Å²) in [5.74, 6) is -3.28. The molecule has 0 saturated heterocycles. The molecule has 2 aromatic carbocycles. The van der Waals surface area contributed by atoms with Gasteiger partial charge in [0.1, 0.15) is 12.0 Å². The second kappa shape index (κ2) is 11.5. The lowest BCUT2D eigenvalue weighted by atomic mass is 10.1. The molecule has 8 nitrogen and oxygen atoms in total. The molecule has 32 heavy (non-hydrogen) atoms. The topological polar surface area (TPSA) is 117 Å². The third-order valence-electron chi connectivity index (χ3n) is 3.91. The molecule has 0 heterocycles. The number of ether oxygens (including phenoxy) is 1. The molecule has 2 amide bonds. The van der Waals surface area contributed by atoms with Crippen molar-refractivity contribution in [2.75, 3.05) is 0 Å². The summed E-state index contributed by atoms with van der Waals surface area (Å²) in [6.07, 6.45) is -9.00. The first kappa shape index (κ1) is 25.1. The Morgan fingerprint density at radius 1 is 1.00 bits per heavy atom. The fourth-order valence-corrected chi connectivity index (χ4v) is 2.59. The Kier molecular flexibility index (Phi) is 8.99. The maximum absolute atomic E-state index is 14.3. The molecule has 0 aromatic heterocycles. The SMILES string of the molecule is O=C(NCc1cccc(OC(F)(F)F)c1)C(F)C(=O)N[C@@H](Cc1ccccc1)OB(O)O. The van der Waals surface area contributed by atoms with Gasteiger partial charge in [-0.25, -0.2) is 4.39 Å². The van der Waals surface area contributed by atoms with Gasteiger partial charge in [-0.05, 0) is 23.3 Å². The van der Waals surface area contributed by atoms with Crippen LogP contribution in [0.25, 0.3) is 0 Å². The number of benzene rings is 2. The molecule has 172 valence electrons. The lowest BCUT2D eigenvalue weighted by molar-refractivity contribution is -0.274. The van der Waals surface area contributed by atoms with E-state index in [2.05, 4.69) is 10.1 Å². The van der Waals surface area contributed by atoms with E-state index in [0.29, 0.717) is 5.56 Å². The van der Waals surface area contributed by atoms with Crippen molar-refractivity contribution in [1.82, 2.24) is 10.6 Å². The Bertz CT molecular complexity index is 901. The smallest absolute Gasteiger partial charge is 0.406 e. The molecular formula is C19H19BF4N2O6. The van der Waals surface area contributed by atoms with Gasteiger partial charge in [0.2, 0.25) is 0 Å². The van der Waals surface area contributed by atoms with Crippen molar-refractivity contribution in [2.24, 2.45) is 0 Å². The van der Waals surface area contributed by atoms with E-state index in [1.807, 2.05) is 5.32 Å². The summed E-state index contributed by atoms with van der Waals surface area (Å²) in [6.45, 7) is -0.374. The monoisotopic (exact) mass is 458 g/mol. The fourth-order valence-electron chi connectivity index (χ4n) is 2.59. The summed E-state index contributed by atoms with van der Waals surface area (Å²) in [5.41, 5.74) is 0.792. The van der Waals surface area contributed by atoms with E-state index in [1.165, 1.54) is 12.1 Å². The lowest BCUT2D eigenvalue weighted by Crippen LogP contribution is -2.49. The van der Waals surface area contributed by atoms with Gasteiger partial charge < -0.3 is 30.1 Å². The third kappa shape index (κ3) is 8.92. The van der Waals surface area contributed by atoms with Crippen LogP contribution < -0.4 is 15.4 Å². The number of carbonyl (C=O) groups excluding carboxylic acids is 2. The van der Waals surface area contributed by atoms with Gasteiger partial charge >= 0.3 is 13.7 Å². The number of alkyl halides is 4. The van der Waals surface area contributed by atoms with E-state index in [0.717, 1.165) is 12.1 Å². The van der Waals surface area contributed by atoms with Crippen LogP contribution in [0.1, 0.15) is 11.1 Å². The van der Waals surface area contributed by atoms with Crippen LogP contribution in [0.2, 0.25) is 0 Å². The van der Waals surface area contributed by atoms with Gasteiger partial charge in [-0.3, -0.25) is 9.59 Å². The molecule has 0 bridgehead atoms. The summed E-state index contributed by atoms with van der Waals surface area (Å²) in [6, 6.07) is 13.1.